The van der Waals surface area contributed by atoms with Crippen LogP contribution in [0, 0.1) is 19.3 Å². The van der Waals surface area contributed by atoms with Crippen LogP contribution in [0.15, 0.2) is 18.2 Å². The minimum Gasteiger partial charge on any atom is -0.483 e. The summed E-state index contributed by atoms with van der Waals surface area (Å²) in [5.74, 6) is 0.810. The molecule has 1 unspecified atom stereocenters. The molecule has 0 spiro atoms. The van der Waals surface area contributed by atoms with Crippen LogP contribution in [-0.4, -0.2) is 18.6 Å². The molecule has 3 heteroatoms. The molecular formula is C17H25NO2. The number of amides is 1. The van der Waals surface area contributed by atoms with E-state index in [0.717, 1.165) is 29.7 Å². The lowest BCUT2D eigenvalue weighted by Gasteiger charge is -2.18. The number of benzene rings is 1. The van der Waals surface area contributed by atoms with Gasteiger partial charge in [-0.15, -0.1) is 0 Å². The minimum absolute atomic E-state index is 0.0182. The summed E-state index contributed by atoms with van der Waals surface area (Å²) in [4.78, 5) is 12.0. The molecule has 2 rings (SSSR count). The summed E-state index contributed by atoms with van der Waals surface area (Å²) in [6, 6.07) is 6.30. The van der Waals surface area contributed by atoms with Crippen molar-refractivity contribution in [2.24, 2.45) is 5.41 Å². The van der Waals surface area contributed by atoms with Crippen molar-refractivity contribution < 1.29 is 9.53 Å². The summed E-state index contributed by atoms with van der Waals surface area (Å²) in [6.07, 6.45) is 3.31. The highest BCUT2D eigenvalue weighted by atomic mass is 16.5. The zero-order valence-corrected chi connectivity index (χ0v) is 13.0. The molecule has 20 heavy (non-hydrogen) atoms. The molecule has 3 nitrogen and oxygen atoms in total. The fourth-order valence-corrected chi connectivity index (χ4v) is 2.99. The van der Waals surface area contributed by atoms with Gasteiger partial charge in [0.05, 0.1) is 0 Å². The van der Waals surface area contributed by atoms with Crippen molar-refractivity contribution in [2.75, 3.05) is 6.61 Å². The number of para-hydroxylation sites is 1. The predicted molar refractivity (Wildman–Crippen MR) is 81.0 cm³/mol. The molecule has 110 valence electrons. The molecule has 1 aliphatic carbocycles. The van der Waals surface area contributed by atoms with E-state index in [2.05, 4.69) is 19.2 Å². The van der Waals surface area contributed by atoms with Gasteiger partial charge in [-0.3, -0.25) is 4.79 Å². The molecule has 0 aliphatic heterocycles. The van der Waals surface area contributed by atoms with Crippen molar-refractivity contribution in [3.63, 3.8) is 0 Å². The van der Waals surface area contributed by atoms with Crippen LogP contribution in [0.2, 0.25) is 0 Å². The summed E-state index contributed by atoms with van der Waals surface area (Å²) in [6.45, 7) is 8.61. The van der Waals surface area contributed by atoms with Crippen molar-refractivity contribution in [1.29, 1.82) is 0 Å². The van der Waals surface area contributed by atoms with Crippen molar-refractivity contribution in [3.8, 4) is 5.75 Å². The Balaban J connectivity index is 1.84. The van der Waals surface area contributed by atoms with Crippen molar-refractivity contribution in [3.05, 3.63) is 29.3 Å². The van der Waals surface area contributed by atoms with Crippen LogP contribution in [0.4, 0.5) is 0 Å². The number of hydrogen-bond donors (Lipinski definition) is 1. The second kappa shape index (κ2) is 5.86. The highest BCUT2D eigenvalue weighted by molar-refractivity contribution is 5.78. The van der Waals surface area contributed by atoms with Gasteiger partial charge < -0.3 is 10.1 Å². The summed E-state index contributed by atoms with van der Waals surface area (Å²) < 4.78 is 5.68. The van der Waals surface area contributed by atoms with E-state index in [0.29, 0.717) is 11.5 Å². The van der Waals surface area contributed by atoms with Crippen LogP contribution in [-0.2, 0) is 4.79 Å². The van der Waals surface area contributed by atoms with Crippen molar-refractivity contribution in [2.45, 2.75) is 53.0 Å². The molecule has 0 aromatic heterocycles. The maximum Gasteiger partial charge on any atom is 0.258 e. The molecule has 1 fully saturated rings. The second-order valence-corrected chi connectivity index (χ2v) is 6.68. The molecule has 1 saturated carbocycles. The number of carbonyl (C=O) groups is 1. The molecule has 1 aromatic rings. The number of carbonyl (C=O) groups excluding carboxylic acids is 1. The number of hydrogen-bond acceptors (Lipinski definition) is 2. The topological polar surface area (TPSA) is 38.3 Å². The van der Waals surface area contributed by atoms with E-state index < -0.39 is 0 Å². The Labute approximate surface area is 121 Å². The third-order valence-corrected chi connectivity index (χ3v) is 4.09. The van der Waals surface area contributed by atoms with Crippen LogP contribution in [0.1, 0.15) is 44.2 Å². The van der Waals surface area contributed by atoms with E-state index in [4.69, 9.17) is 4.74 Å². The first kappa shape index (κ1) is 14.9. The van der Waals surface area contributed by atoms with E-state index in [1.165, 1.54) is 6.42 Å². The van der Waals surface area contributed by atoms with Gasteiger partial charge in [0.2, 0.25) is 0 Å². The fourth-order valence-electron chi connectivity index (χ4n) is 2.99. The predicted octanol–water partition coefficient (Wildman–Crippen LogP) is 3.38. The molecule has 0 heterocycles. The first-order valence-corrected chi connectivity index (χ1v) is 7.36. The maximum atomic E-state index is 12.0. The van der Waals surface area contributed by atoms with E-state index in [1.807, 2.05) is 32.0 Å². The molecule has 1 N–H and O–H groups in total. The Hall–Kier alpha value is -1.51. The van der Waals surface area contributed by atoms with Crippen LogP contribution in [0.25, 0.3) is 0 Å². The van der Waals surface area contributed by atoms with Gasteiger partial charge in [0.25, 0.3) is 5.91 Å². The van der Waals surface area contributed by atoms with Gasteiger partial charge in [0.15, 0.2) is 6.61 Å². The third kappa shape index (κ3) is 3.75. The molecule has 1 amide bonds. The maximum absolute atomic E-state index is 12.0. The average molecular weight is 275 g/mol. The number of aryl methyl sites for hydroxylation is 2. The molecule has 1 aromatic carbocycles. The molecule has 0 saturated heterocycles. The van der Waals surface area contributed by atoms with E-state index in [1.54, 1.807) is 0 Å². The van der Waals surface area contributed by atoms with Gasteiger partial charge in [0.1, 0.15) is 5.75 Å². The molecule has 1 aliphatic rings. The molecule has 0 radical (unpaired) electrons. The molecule has 1 atom stereocenters. The van der Waals surface area contributed by atoms with E-state index in [9.17, 15) is 4.79 Å². The Morgan fingerprint density at radius 1 is 1.35 bits per heavy atom. The summed E-state index contributed by atoms with van der Waals surface area (Å²) in [5.41, 5.74) is 2.49. The largest absolute Gasteiger partial charge is 0.483 e. The summed E-state index contributed by atoms with van der Waals surface area (Å²) in [5, 5.41) is 3.08. The standard InChI is InChI=1S/C17H25NO2/c1-12-6-5-7-13(2)16(12)20-11-15(19)18-14-8-9-17(3,4)10-14/h5-7,14H,8-11H2,1-4H3,(H,18,19). The lowest BCUT2D eigenvalue weighted by Crippen LogP contribution is -2.36. The van der Waals surface area contributed by atoms with Gasteiger partial charge in [-0.1, -0.05) is 32.0 Å². The smallest absolute Gasteiger partial charge is 0.258 e. The lowest BCUT2D eigenvalue weighted by molar-refractivity contribution is -0.123. The van der Waals surface area contributed by atoms with E-state index >= 15 is 0 Å². The third-order valence-electron chi connectivity index (χ3n) is 4.09. The normalized spacial score (nSPS) is 20.7. The van der Waals surface area contributed by atoms with Gasteiger partial charge in [-0.25, -0.2) is 0 Å². The average Bonchev–Trinajstić information content (AvgIpc) is 2.68. The second-order valence-electron chi connectivity index (χ2n) is 6.68. The quantitative estimate of drug-likeness (QED) is 0.915. The molecular weight excluding hydrogens is 250 g/mol. The van der Waals surface area contributed by atoms with Gasteiger partial charge in [0, 0.05) is 6.04 Å². The van der Waals surface area contributed by atoms with E-state index in [-0.39, 0.29) is 12.5 Å². The highest BCUT2D eigenvalue weighted by Crippen LogP contribution is 2.36. The Morgan fingerprint density at radius 2 is 2.00 bits per heavy atom. The van der Waals surface area contributed by atoms with Crippen molar-refractivity contribution in [1.82, 2.24) is 5.32 Å². The number of ether oxygens (including phenoxy) is 1. The van der Waals surface area contributed by atoms with Gasteiger partial charge >= 0.3 is 0 Å². The zero-order valence-electron chi connectivity index (χ0n) is 13.0. The fraction of sp³-hybridized carbons (Fsp3) is 0.588. The first-order valence-electron chi connectivity index (χ1n) is 7.36. The SMILES string of the molecule is Cc1cccc(C)c1OCC(=O)NC1CCC(C)(C)C1. The highest BCUT2D eigenvalue weighted by Gasteiger charge is 2.31. The minimum atomic E-state index is -0.0182. The first-order chi connectivity index (χ1) is 9.37. The van der Waals surface area contributed by atoms with Crippen LogP contribution in [0.5, 0.6) is 5.75 Å². The number of nitrogens with one attached hydrogen (secondary N) is 1. The van der Waals surface area contributed by atoms with Crippen molar-refractivity contribution >= 4 is 5.91 Å². The Kier molecular flexibility index (Phi) is 4.36. The van der Waals surface area contributed by atoms with Crippen LogP contribution >= 0.6 is 0 Å². The number of rotatable bonds is 4. The zero-order chi connectivity index (χ0) is 14.8. The Morgan fingerprint density at radius 3 is 2.55 bits per heavy atom. The van der Waals surface area contributed by atoms with Gasteiger partial charge in [-0.05, 0) is 49.7 Å². The monoisotopic (exact) mass is 275 g/mol. The van der Waals surface area contributed by atoms with Crippen LogP contribution in [0.3, 0.4) is 0 Å². The molecule has 0 bridgehead atoms. The summed E-state index contributed by atoms with van der Waals surface area (Å²) in [7, 11) is 0. The van der Waals surface area contributed by atoms with Gasteiger partial charge in [-0.2, -0.15) is 0 Å². The lowest BCUT2D eigenvalue weighted by atomic mass is 9.92. The van der Waals surface area contributed by atoms with Crippen LogP contribution < -0.4 is 10.1 Å². The summed E-state index contributed by atoms with van der Waals surface area (Å²) >= 11 is 0. The Bertz CT molecular complexity index is 474.